The second-order valence-electron chi connectivity index (χ2n) is 8.86. The van der Waals surface area contributed by atoms with Crippen molar-refractivity contribution in [3.8, 4) is 16.9 Å². The van der Waals surface area contributed by atoms with Gasteiger partial charge >= 0.3 is 0 Å². The van der Waals surface area contributed by atoms with Gasteiger partial charge in [-0.2, -0.15) is 10.2 Å². The highest BCUT2D eigenvalue weighted by Gasteiger charge is 2.41. The van der Waals surface area contributed by atoms with Crippen molar-refractivity contribution in [1.82, 2.24) is 40.1 Å². The van der Waals surface area contributed by atoms with E-state index in [2.05, 4.69) is 49.3 Å². The average molecular weight is 430 g/mol. The van der Waals surface area contributed by atoms with E-state index in [0.29, 0.717) is 18.0 Å². The number of anilines is 1. The van der Waals surface area contributed by atoms with Gasteiger partial charge in [-0.3, -0.25) is 10.00 Å². The van der Waals surface area contributed by atoms with Crippen molar-refractivity contribution in [2.24, 2.45) is 0 Å². The summed E-state index contributed by atoms with van der Waals surface area (Å²) in [4.78, 5) is 9.60. The number of hydrogen-bond donors (Lipinski definition) is 1. The van der Waals surface area contributed by atoms with Crippen LogP contribution >= 0.6 is 0 Å². The molecule has 1 N–H and O–H groups in total. The SMILES string of the molecule is CCC1CC(N(C)c2ncc(-c3ccc(-n4cccn4)c4[nH]ncc34)nn2)CC2CCN12. The maximum Gasteiger partial charge on any atom is 0.245 e. The molecule has 9 nitrogen and oxygen atoms in total. The lowest BCUT2D eigenvalue weighted by Crippen LogP contribution is -2.61. The summed E-state index contributed by atoms with van der Waals surface area (Å²) in [6.45, 7) is 3.55. The van der Waals surface area contributed by atoms with E-state index < -0.39 is 0 Å². The third-order valence-electron chi connectivity index (χ3n) is 7.25. The van der Waals surface area contributed by atoms with Gasteiger partial charge in [0.15, 0.2) is 0 Å². The molecule has 2 saturated heterocycles. The summed E-state index contributed by atoms with van der Waals surface area (Å²) >= 11 is 0. The lowest BCUT2D eigenvalue weighted by molar-refractivity contribution is -0.00728. The van der Waals surface area contributed by atoms with Crippen molar-refractivity contribution in [2.75, 3.05) is 18.5 Å². The van der Waals surface area contributed by atoms with Crippen molar-refractivity contribution in [2.45, 2.75) is 50.7 Å². The molecule has 9 heteroatoms. The normalized spacial score (nSPS) is 23.1. The fraction of sp³-hybridized carbons (Fsp3) is 0.435. The first kappa shape index (κ1) is 19.4. The first-order chi connectivity index (χ1) is 15.7. The number of fused-ring (bicyclic) bond motifs is 2. The maximum atomic E-state index is 4.70. The van der Waals surface area contributed by atoms with Crippen molar-refractivity contribution in [3.05, 3.63) is 43.0 Å². The van der Waals surface area contributed by atoms with Crippen molar-refractivity contribution in [3.63, 3.8) is 0 Å². The van der Waals surface area contributed by atoms with E-state index in [0.717, 1.165) is 33.9 Å². The molecule has 0 aliphatic carbocycles. The Morgan fingerprint density at radius 3 is 2.84 bits per heavy atom. The van der Waals surface area contributed by atoms with Crippen molar-refractivity contribution < 1.29 is 0 Å². The molecule has 3 unspecified atom stereocenters. The molecule has 0 spiro atoms. The minimum absolute atomic E-state index is 0.461. The number of hydrogen-bond acceptors (Lipinski definition) is 7. The van der Waals surface area contributed by atoms with Crippen LogP contribution in [0.2, 0.25) is 0 Å². The quantitative estimate of drug-likeness (QED) is 0.521. The number of aromatic nitrogens is 7. The van der Waals surface area contributed by atoms with Gasteiger partial charge < -0.3 is 4.90 Å². The minimum atomic E-state index is 0.461. The van der Waals surface area contributed by atoms with Crippen LogP contribution in [-0.4, -0.2) is 71.8 Å². The van der Waals surface area contributed by atoms with E-state index in [1.54, 1.807) is 6.20 Å². The number of piperidine rings is 1. The molecule has 0 saturated carbocycles. The monoisotopic (exact) mass is 429 g/mol. The van der Waals surface area contributed by atoms with E-state index in [4.69, 9.17) is 4.98 Å². The summed E-state index contributed by atoms with van der Waals surface area (Å²) < 4.78 is 1.82. The van der Waals surface area contributed by atoms with Crippen LogP contribution in [-0.2, 0) is 0 Å². The van der Waals surface area contributed by atoms with Crippen LogP contribution in [0.4, 0.5) is 5.95 Å². The smallest absolute Gasteiger partial charge is 0.245 e. The molecule has 0 radical (unpaired) electrons. The third kappa shape index (κ3) is 3.07. The van der Waals surface area contributed by atoms with Crippen LogP contribution in [0.1, 0.15) is 32.6 Å². The molecule has 6 rings (SSSR count). The van der Waals surface area contributed by atoms with E-state index >= 15 is 0 Å². The van der Waals surface area contributed by atoms with Crippen LogP contribution in [0.5, 0.6) is 0 Å². The minimum Gasteiger partial charge on any atom is -0.339 e. The van der Waals surface area contributed by atoms with E-state index in [1.807, 2.05) is 41.5 Å². The van der Waals surface area contributed by atoms with Gasteiger partial charge in [0.1, 0.15) is 5.69 Å². The van der Waals surface area contributed by atoms with Crippen LogP contribution in [0.25, 0.3) is 27.8 Å². The Balaban J connectivity index is 1.27. The fourth-order valence-corrected chi connectivity index (χ4v) is 5.34. The summed E-state index contributed by atoms with van der Waals surface area (Å²) in [6.07, 6.45) is 12.2. The number of H-pyrrole nitrogens is 1. The molecule has 2 aliphatic heterocycles. The molecule has 0 amide bonds. The Morgan fingerprint density at radius 1 is 1.19 bits per heavy atom. The van der Waals surface area contributed by atoms with Crippen molar-refractivity contribution in [1.29, 1.82) is 0 Å². The average Bonchev–Trinajstić information content (AvgIpc) is 3.51. The third-order valence-corrected chi connectivity index (χ3v) is 7.25. The largest absolute Gasteiger partial charge is 0.339 e. The maximum absolute atomic E-state index is 4.70. The summed E-state index contributed by atoms with van der Waals surface area (Å²) in [5.41, 5.74) is 3.54. The zero-order valence-corrected chi connectivity index (χ0v) is 18.4. The topological polar surface area (TPSA) is 91.7 Å². The molecule has 2 aliphatic rings. The fourth-order valence-electron chi connectivity index (χ4n) is 5.34. The van der Waals surface area contributed by atoms with Crippen LogP contribution in [0.15, 0.2) is 43.0 Å². The molecule has 32 heavy (non-hydrogen) atoms. The van der Waals surface area contributed by atoms with Gasteiger partial charge in [0.25, 0.3) is 0 Å². The second-order valence-corrected chi connectivity index (χ2v) is 8.86. The van der Waals surface area contributed by atoms with E-state index in [-0.39, 0.29) is 0 Å². The number of aromatic amines is 1. The van der Waals surface area contributed by atoms with Crippen LogP contribution in [0.3, 0.4) is 0 Å². The van der Waals surface area contributed by atoms with Crippen LogP contribution in [0, 0.1) is 0 Å². The van der Waals surface area contributed by atoms with Crippen molar-refractivity contribution >= 4 is 16.9 Å². The predicted octanol–water partition coefficient (Wildman–Crippen LogP) is 3.05. The molecule has 1 aromatic carbocycles. The predicted molar refractivity (Wildman–Crippen MR) is 123 cm³/mol. The van der Waals surface area contributed by atoms with Gasteiger partial charge in [-0.25, -0.2) is 9.67 Å². The van der Waals surface area contributed by atoms with Gasteiger partial charge in [0, 0.05) is 55.1 Å². The highest BCUT2D eigenvalue weighted by Crippen LogP contribution is 2.36. The Bertz CT molecular complexity index is 1210. The molecular weight excluding hydrogens is 402 g/mol. The van der Waals surface area contributed by atoms with Crippen LogP contribution < -0.4 is 4.90 Å². The standard InChI is InChI=1S/C23H27N9/c1-3-15-11-17(12-16-7-10-31(15)16)30(2)23-24-14-20(27-29-23)18-5-6-21(32-9-4-8-26-32)22-19(18)13-25-28-22/h4-6,8-9,13-17H,3,7,10-12H2,1-2H3,(H,25,28). The van der Waals surface area contributed by atoms with Gasteiger partial charge in [-0.15, -0.1) is 10.2 Å². The number of nitrogens with one attached hydrogen (secondary N) is 1. The lowest BCUT2D eigenvalue weighted by Gasteiger charge is -2.53. The lowest BCUT2D eigenvalue weighted by atomic mass is 9.82. The number of rotatable bonds is 5. The van der Waals surface area contributed by atoms with E-state index in [9.17, 15) is 0 Å². The molecule has 3 atom stereocenters. The van der Waals surface area contributed by atoms with Gasteiger partial charge in [0.05, 0.1) is 23.6 Å². The molecule has 164 valence electrons. The van der Waals surface area contributed by atoms with Gasteiger partial charge in [-0.05, 0) is 43.9 Å². The van der Waals surface area contributed by atoms with E-state index in [1.165, 1.54) is 32.2 Å². The number of benzene rings is 1. The zero-order chi connectivity index (χ0) is 21.7. The molecule has 3 aromatic heterocycles. The molecule has 2 fully saturated rings. The highest BCUT2D eigenvalue weighted by atomic mass is 15.3. The Hall–Kier alpha value is -3.33. The van der Waals surface area contributed by atoms with Gasteiger partial charge in [0.2, 0.25) is 5.95 Å². The Labute approximate surface area is 186 Å². The first-order valence-corrected chi connectivity index (χ1v) is 11.4. The second kappa shape index (κ2) is 7.67. The Kier molecular flexibility index (Phi) is 4.64. The summed E-state index contributed by atoms with van der Waals surface area (Å²) in [6, 6.07) is 7.80. The number of nitrogens with zero attached hydrogens (tertiary/aromatic N) is 8. The first-order valence-electron chi connectivity index (χ1n) is 11.4. The molecule has 4 aromatic rings. The Morgan fingerprint density at radius 2 is 2.12 bits per heavy atom. The summed E-state index contributed by atoms with van der Waals surface area (Å²) in [5.74, 6) is 0.693. The molecule has 5 heterocycles. The summed E-state index contributed by atoms with van der Waals surface area (Å²) in [7, 11) is 2.11. The zero-order valence-electron chi connectivity index (χ0n) is 18.4. The van der Waals surface area contributed by atoms with Gasteiger partial charge in [-0.1, -0.05) is 6.92 Å². The molecule has 0 bridgehead atoms. The molecular formula is C23H27N9. The highest BCUT2D eigenvalue weighted by molar-refractivity contribution is 5.97. The summed E-state index contributed by atoms with van der Waals surface area (Å²) in [5, 5.41) is 21.7.